The topological polar surface area (TPSA) is 42.2 Å². The van der Waals surface area contributed by atoms with Crippen LogP contribution >= 0.6 is 0 Å². The number of hydrogen-bond acceptors (Lipinski definition) is 3. The molecule has 1 aromatic heterocycles. The Kier molecular flexibility index (Phi) is 3.11. The van der Waals surface area contributed by atoms with Crippen LogP contribution in [0, 0.1) is 6.92 Å². The minimum absolute atomic E-state index is 0.766. The third-order valence-electron chi connectivity index (χ3n) is 3.86. The van der Waals surface area contributed by atoms with E-state index >= 15 is 0 Å². The summed E-state index contributed by atoms with van der Waals surface area (Å²) in [6, 6.07) is 12.7. The van der Waals surface area contributed by atoms with Crippen molar-refractivity contribution in [3.8, 4) is 0 Å². The standard InChI is InChI=1S/C16H19N3/c1-12-15(17)6-7-16(18-12)19-10-8-13-4-2-3-5-14(13)9-11-19/h2-7H,8-11,17H2,1H3. The van der Waals surface area contributed by atoms with Crippen molar-refractivity contribution in [2.75, 3.05) is 23.7 Å². The first-order valence-electron chi connectivity index (χ1n) is 6.79. The SMILES string of the molecule is Cc1nc(N2CCc3ccccc3CC2)ccc1N. The van der Waals surface area contributed by atoms with E-state index in [-0.39, 0.29) is 0 Å². The van der Waals surface area contributed by atoms with Crippen molar-refractivity contribution in [3.63, 3.8) is 0 Å². The van der Waals surface area contributed by atoms with Gasteiger partial charge in [-0.15, -0.1) is 0 Å². The highest BCUT2D eigenvalue weighted by atomic mass is 15.2. The molecule has 19 heavy (non-hydrogen) atoms. The van der Waals surface area contributed by atoms with E-state index in [1.54, 1.807) is 0 Å². The normalized spacial score (nSPS) is 14.9. The molecule has 3 heteroatoms. The molecule has 1 aliphatic rings. The van der Waals surface area contributed by atoms with Gasteiger partial charge in [-0.1, -0.05) is 24.3 Å². The number of benzene rings is 1. The number of fused-ring (bicyclic) bond motifs is 1. The van der Waals surface area contributed by atoms with Gasteiger partial charge in [0.05, 0.1) is 11.4 Å². The highest BCUT2D eigenvalue weighted by Gasteiger charge is 2.15. The fraction of sp³-hybridized carbons (Fsp3) is 0.312. The molecule has 3 nitrogen and oxygen atoms in total. The zero-order chi connectivity index (χ0) is 13.2. The van der Waals surface area contributed by atoms with Gasteiger partial charge < -0.3 is 10.6 Å². The number of aryl methyl sites for hydroxylation is 1. The van der Waals surface area contributed by atoms with E-state index in [1.165, 1.54) is 11.1 Å². The van der Waals surface area contributed by atoms with Crippen LogP contribution in [-0.2, 0) is 12.8 Å². The Labute approximate surface area is 114 Å². The lowest BCUT2D eigenvalue weighted by atomic mass is 10.0. The van der Waals surface area contributed by atoms with Crippen LogP contribution in [0.2, 0.25) is 0 Å². The lowest BCUT2D eigenvalue weighted by molar-refractivity contribution is 0.789. The van der Waals surface area contributed by atoms with Crippen molar-refractivity contribution in [3.05, 3.63) is 53.2 Å². The van der Waals surface area contributed by atoms with E-state index < -0.39 is 0 Å². The van der Waals surface area contributed by atoms with Crippen LogP contribution in [0.15, 0.2) is 36.4 Å². The van der Waals surface area contributed by atoms with E-state index in [0.717, 1.165) is 43.1 Å². The first-order chi connectivity index (χ1) is 9.24. The Morgan fingerprint density at radius 3 is 2.21 bits per heavy atom. The molecule has 0 spiro atoms. The highest BCUT2D eigenvalue weighted by molar-refractivity contribution is 5.51. The summed E-state index contributed by atoms with van der Waals surface area (Å²) in [5, 5.41) is 0. The number of rotatable bonds is 1. The quantitative estimate of drug-likeness (QED) is 0.849. The molecule has 2 N–H and O–H groups in total. The third-order valence-corrected chi connectivity index (χ3v) is 3.86. The molecule has 0 bridgehead atoms. The predicted molar refractivity (Wildman–Crippen MR) is 79.4 cm³/mol. The van der Waals surface area contributed by atoms with E-state index in [2.05, 4.69) is 34.1 Å². The summed E-state index contributed by atoms with van der Waals surface area (Å²) >= 11 is 0. The van der Waals surface area contributed by atoms with E-state index in [9.17, 15) is 0 Å². The molecule has 1 aromatic carbocycles. The zero-order valence-electron chi connectivity index (χ0n) is 11.3. The van der Waals surface area contributed by atoms with Gasteiger partial charge in [0, 0.05) is 13.1 Å². The Morgan fingerprint density at radius 1 is 1.00 bits per heavy atom. The second-order valence-electron chi connectivity index (χ2n) is 5.10. The van der Waals surface area contributed by atoms with Gasteiger partial charge in [0.2, 0.25) is 0 Å². The van der Waals surface area contributed by atoms with Gasteiger partial charge in [-0.25, -0.2) is 4.98 Å². The predicted octanol–water partition coefficient (Wildman–Crippen LogP) is 2.58. The lowest BCUT2D eigenvalue weighted by Crippen LogP contribution is -2.27. The van der Waals surface area contributed by atoms with Crippen LogP contribution in [0.25, 0.3) is 0 Å². The number of nitrogens with two attached hydrogens (primary N) is 1. The molecule has 0 radical (unpaired) electrons. The van der Waals surface area contributed by atoms with Crippen LogP contribution in [0.3, 0.4) is 0 Å². The summed E-state index contributed by atoms with van der Waals surface area (Å²) in [5.41, 5.74) is 10.5. The molecule has 2 heterocycles. The van der Waals surface area contributed by atoms with Gasteiger partial charge in [0.25, 0.3) is 0 Å². The molecule has 0 amide bonds. The van der Waals surface area contributed by atoms with Crippen molar-refractivity contribution in [1.29, 1.82) is 0 Å². The fourth-order valence-corrected chi connectivity index (χ4v) is 2.63. The van der Waals surface area contributed by atoms with Gasteiger partial charge in [0.1, 0.15) is 5.82 Å². The first kappa shape index (κ1) is 12.0. The van der Waals surface area contributed by atoms with Crippen LogP contribution in [0.1, 0.15) is 16.8 Å². The van der Waals surface area contributed by atoms with Crippen LogP contribution in [0.4, 0.5) is 11.5 Å². The number of anilines is 2. The Bertz CT molecular complexity index is 565. The maximum absolute atomic E-state index is 5.84. The molecule has 2 aromatic rings. The number of nitrogen functional groups attached to an aromatic ring is 1. The smallest absolute Gasteiger partial charge is 0.128 e. The summed E-state index contributed by atoms with van der Waals surface area (Å²) in [6.45, 7) is 4.01. The van der Waals surface area contributed by atoms with E-state index in [0.29, 0.717) is 0 Å². The minimum atomic E-state index is 0.766. The summed E-state index contributed by atoms with van der Waals surface area (Å²) in [7, 11) is 0. The van der Waals surface area contributed by atoms with E-state index in [1.807, 2.05) is 19.1 Å². The summed E-state index contributed by atoms with van der Waals surface area (Å²) in [4.78, 5) is 6.96. The molecule has 0 fully saturated rings. The molecule has 0 atom stereocenters. The maximum Gasteiger partial charge on any atom is 0.128 e. The number of nitrogens with zero attached hydrogens (tertiary/aromatic N) is 2. The maximum atomic E-state index is 5.84. The van der Waals surface area contributed by atoms with Crippen molar-refractivity contribution in [1.82, 2.24) is 4.98 Å². The molecule has 0 saturated carbocycles. The molecule has 98 valence electrons. The van der Waals surface area contributed by atoms with Crippen molar-refractivity contribution in [2.24, 2.45) is 0 Å². The van der Waals surface area contributed by atoms with Crippen LogP contribution < -0.4 is 10.6 Å². The molecule has 0 aliphatic carbocycles. The summed E-state index contributed by atoms with van der Waals surface area (Å²) in [5.74, 6) is 1.04. The minimum Gasteiger partial charge on any atom is -0.397 e. The zero-order valence-corrected chi connectivity index (χ0v) is 11.3. The molecule has 0 unspecified atom stereocenters. The molecular weight excluding hydrogens is 234 g/mol. The highest BCUT2D eigenvalue weighted by Crippen LogP contribution is 2.21. The van der Waals surface area contributed by atoms with Gasteiger partial charge in [-0.2, -0.15) is 0 Å². The van der Waals surface area contributed by atoms with Gasteiger partial charge in [-0.05, 0) is 43.0 Å². The molecular formula is C16H19N3. The fourth-order valence-electron chi connectivity index (χ4n) is 2.63. The average molecular weight is 253 g/mol. The second kappa shape index (κ2) is 4.92. The lowest BCUT2D eigenvalue weighted by Gasteiger charge is -2.22. The Morgan fingerprint density at radius 2 is 1.63 bits per heavy atom. The Balaban J connectivity index is 1.83. The number of hydrogen-bond donors (Lipinski definition) is 1. The van der Waals surface area contributed by atoms with Gasteiger partial charge in [0.15, 0.2) is 0 Å². The molecule has 0 saturated heterocycles. The van der Waals surface area contributed by atoms with Gasteiger partial charge >= 0.3 is 0 Å². The van der Waals surface area contributed by atoms with E-state index in [4.69, 9.17) is 5.73 Å². The van der Waals surface area contributed by atoms with Crippen molar-refractivity contribution >= 4 is 11.5 Å². The first-order valence-corrected chi connectivity index (χ1v) is 6.79. The molecule has 1 aliphatic heterocycles. The largest absolute Gasteiger partial charge is 0.397 e. The third kappa shape index (κ3) is 2.41. The van der Waals surface area contributed by atoms with Crippen molar-refractivity contribution in [2.45, 2.75) is 19.8 Å². The van der Waals surface area contributed by atoms with Gasteiger partial charge in [-0.3, -0.25) is 0 Å². The van der Waals surface area contributed by atoms with Crippen LogP contribution in [-0.4, -0.2) is 18.1 Å². The average Bonchev–Trinajstić information content (AvgIpc) is 2.64. The monoisotopic (exact) mass is 253 g/mol. The van der Waals surface area contributed by atoms with Crippen molar-refractivity contribution < 1.29 is 0 Å². The Hall–Kier alpha value is -2.03. The summed E-state index contributed by atoms with van der Waals surface area (Å²) < 4.78 is 0. The second-order valence-corrected chi connectivity index (χ2v) is 5.10. The number of pyridine rings is 1. The van der Waals surface area contributed by atoms with Crippen LogP contribution in [0.5, 0.6) is 0 Å². The number of aromatic nitrogens is 1. The summed E-state index contributed by atoms with van der Waals surface area (Å²) in [6.07, 6.45) is 2.17. The molecule has 3 rings (SSSR count).